The fourth-order valence-electron chi connectivity index (χ4n) is 4.77. The molecule has 1 saturated carbocycles. The molecule has 2 aliphatic rings. The molecule has 1 aliphatic carbocycles. The van der Waals surface area contributed by atoms with E-state index in [0.717, 1.165) is 55.0 Å². The molecule has 176 valence electrons. The molecular formula is C28H32N4O2. The third-order valence-electron chi connectivity index (χ3n) is 6.72. The number of hydrogen-bond acceptors (Lipinski definition) is 4. The van der Waals surface area contributed by atoms with Crippen LogP contribution >= 0.6 is 0 Å². The van der Waals surface area contributed by atoms with Gasteiger partial charge in [-0.15, -0.1) is 0 Å². The zero-order valence-corrected chi connectivity index (χ0v) is 19.5. The van der Waals surface area contributed by atoms with E-state index in [4.69, 9.17) is 4.74 Å². The van der Waals surface area contributed by atoms with Gasteiger partial charge >= 0.3 is 6.03 Å². The van der Waals surface area contributed by atoms with Crippen LogP contribution in [0.2, 0.25) is 0 Å². The van der Waals surface area contributed by atoms with Gasteiger partial charge in [0.05, 0.1) is 6.10 Å². The standard InChI is InChI=1S/C28H32N4O2/c33-28(31-19-23-8-3-6-12-26(23)34-25-10-4-5-11-25)30-18-21-13-14-27(29-17-21)32-16-15-22-7-1-2-9-24(22)20-32/h1-3,6-9,12-14,17,25H,4-5,10-11,15-16,18-20H2,(H2,30,31,33). The van der Waals surface area contributed by atoms with Crippen molar-refractivity contribution >= 4 is 11.8 Å². The number of rotatable bonds is 7. The number of ether oxygens (including phenoxy) is 1. The van der Waals surface area contributed by atoms with Crippen LogP contribution in [0.15, 0.2) is 66.9 Å². The minimum Gasteiger partial charge on any atom is -0.490 e. The quantitative estimate of drug-likeness (QED) is 0.527. The second kappa shape index (κ2) is 10.6. The zero-order valence-electron chi connectivity index (χ0n) is 19.5. The number of benzene rings is 2. The van der Waals surface area contributed by atoms with E-state index in [1.807, 2.05) is 42.6 Å². The summed E-state index contributed by atoms with van der Waals surface area (Å²) in [4.78, 5) is 19.3. The predicted molar refractivity (Wildman–Crippen MR) is 134 cm³/mol. The first-order valence-electron chi connectivity index (χ1n) is 12.3. The van der Waals surface area contributed by atoms with Crippen LogP contribution in [0.5, 0.6) is 5.75 Å². The average Bonchev–Trinajstić information content (AvgIpc) is 3.40. The molecule has 5 rings (SSSR count). The summed E-state index contributed by atoms with van der Waals surface area (Å²) in [5.74, 6) is 1.84. The molecule has 6 heteroatoms. The van der Waals surface area contributed by atoms with Gasteiger partial charge in [-0.05, 0) is 60.9 Å². The van der Waals surface area contributed by atoms with Crippen molar-refractivity contribution in [3.8, 4) is 5.75 Å². The lowest BCUT2D eigenvalue weighted by Crippen LogP contribution is -2.34. The van der Waals surface area contributed by atoms with Gasteiger partial charge in [-0.1, -0.05) is 48.5 Å². The van der Waals surface area contributed by atoms with E-state index in [-0.39, 0.29) is 6.03 Å². The summed E-state index contributed by atoms with van der Waals surface area (Å²) < 4.78 is 6.16. The first kappa shape index (κ1) is 22.3. The minimum absolute atomic E-state index is 0.201. The van der Waals surface area contributed by atoms with Crippen molar-refractivity contribution in [2.75, 3.05) is 11.4 Å². The topological polar surface area (TPSA) is 66.5 Å². The van der Waals surface area contributed by atoms with E-state index >= 15 is 0 Å². The third-order valence-corrected chi connectivity index (χ3v) is 6.72. The lowest BCUT2D eigenvalue weighted by atomic mass is 10.00. The van der Waals surface area contributed by atoms with E-state index in [2.05, 4.69) is 44.8 Å². The molecule has 0 bridgehead atoms. The van der Waals surface area contributed by atoms with Crippen molar-refractivity contribution in [2.24, 2.45) is 0 Å². The highest BCUT2D eigenvalue weighted by molar-refractivity contribution is 5.73. The molecule has 0 saturated heterocycles. The summed E-state index contributed by atoms with van der Waals surface area (Å²) in [6, 6.07) is 20.4. The molecule has 2 N–H and O–H groups in total. The highest BCUT2D eigenvalue weighted by atomic mass is 16.5. The van der Waals surface area contributed by atoms with Crippen molar-refractivity contribution in [2.45, 2.75) is 57.8 Å². The molecule has 34 heavy (non-hydrogen) atoms. The van der Waals surface area contributed by atoms with Crippen molar-refractivity contribution in [3.63, 3.8) is 0 Å². The van der Waals surface area contributed by atoms with Crippen molar-refractivity contribution in [3.05, 3.63) is 89.1 Å². The second-order valence-corrected chi connectivity index (χ2v) is 9.13. The van der Waals surface area contributed by atoms with Crippen LogP contribution in [-0.2, 0) is 26.1 Å². The Hall–Kier alpha value is -3.54. The van der Waals surface area contributed by atoms with Crippen LogP contribution in [-0.4, -0.2) is 23.7 Å². The number of para-hydroxylation sites is 1. The highest BCUT2D eigenvalue weighted by Gasteiger charge is 2.18. The smallest absolute Gasteiger partial charge is 0.315 e. The first-order chi connectivity index (χ1) is 16.7. The average molecular weight is 457 g/mol. The SMILES string of the molecule is O=C(NCc1ccc(N2CCc3ccccc3C2)nc1)NCc1ccccc1OC1CCCC1. The number of anilines is 1. The summed E-state index contributed by atoms with van der Waals surface area (Å²) >= 11 is 0. The number of aromatic nitrogens is 1. The fourth-order valence-corrected chi connectivity index (χ4v) is 4.77. The fraction of sp³-hybridized carbons (Fsp3) is 0.357. The Morgan fingerprint density at radius 3 is 2.53 bits per heavy atom. The maximum absolute atomic E-state index is 12.4. The van der Waals surface area contributed by atoms with Gasteiger partial charge in [0.2, 0.25) is 0 Å². The molecule has 2 heterocycles. The summed E-state index contributed by atoms with van der Waals surface area (Å²) in [5, 5.41) is 5.88. The molecule has 1 aromatic heterocycles. The van der Waals surface area contributed by atoms with Crippen LogP contribution in [0.3, 0.4) is 0 Å². The predicted octanol–water partition coefficient (Wildman–Crippen LogP) is 4.97. The molecule has 6 nitrogen and oxygen atoms in total. The van der Waals surface area contributed by atoms with Gasteiger partial charge in [0, 0.05) is 37.9 Å². The van der Waals surface area contributed by atoms with Gasteiger partial charge in [-0.25, -0.2) is 9.78 Å². The number of hydrogen-bond donors (Lipinski definition) is 2. The van der Waals surface area contributed by atoms with E-state index < -0.39 is 0 Å². The largest absolute Gasteiger partial charge is 0.490 e. The molecule has 0 atom stereocenters. The van der Waals surface area contributed by atoms with E-state index in [0.29, 0.717) is 19.2 Å². The summed E-state index contributed by atoms with van der Waals surface area (Å²) in [5.41, 5.74) is 4.77. The molecule has 2 amide bonds. The molecule has 1 aliphatic heterocycles. The Kier molecular flexibility index (Phi) is 6.94. The molecule has 2 aromatic carbocycles. The molecule has 0 radical (unpaired) electrons. The Labute approximate surface area is 201 Å². The lowest BCUT2D eigenvalue weighted by Gasteiger charge is -2.29. The van der Waals surface area contributed by atoms with E-state index in [1.165, 1.54) is 24.0 Å². The Morgan fingerprint density at radius 2 is 1.71 bits per heavy atom. The Bertz CT molecular complexity index is 1110. The Morgan fingerprint density at radius 1 is 0.941 bits per heavy atom. The first-order valence-corrected chi connectivity index (χ1v) is 12.3. The monoisotopic (exact) mass is 456 g/mol. The molecule has 1 fully saturated rings. The number of carbonyl (C=O) groups excluding carboxylic acids is 1. The minimum atomic E-state index is -0.201. The summed E-state index contributed by atoms with van der Waals surface area (Å²) in [6.07, 6.45) is 7.87. The Balaban J connectivity index is 1.10. The number of nitrogens with zero attached hydrogens (tertiary/aromatic N) is 2. The van der Waals surface area contributed by atoms with Crippen molar-refractivity contribution in [1.82, 2.24) is 15.6 Å². The summed E-state index contributed by atoms with van der Waals surface area (Å²) in [6.45, 7) is 2.72. The number of nitrogens with one attached hydrogen (secondary N) is 2. The molecular weight excluding hydrogens is 424 g/mol. The molecule has 3 aromatic rings. The summed E-state index contributed by atoms with van der Waals surface area (Å²) in [7, 11) is 0. The van der Waals surface area contributed by atoms with Crippen LogP contribution in [0.1, 0.15) is 47.9 Å². The van der Waals surface area contributed by atoms with Gasteiger partial charge in [-0.2, -0.15) is 0 Å². The lowest BCUT2D eigenvalue weighted by molar-refractivity contribution is 0.207. The van der Waals surface area contributed by atoms with Gasteiger partial charge < -0.3 is 20.3 Å². The maximum atomic E-state index is 12.4. The van der Waals surface area contributed by atoms with Gasteiger partial charge in [0.25, 0.3) is 0 Å². The second-order valence-electron chi connectivity index (χ2n) is 9.13. The highest BCUT2D eigenvalue weighted by Crippen LogP contribution is 2.26. The van der Waals surface area contributed by atoms with Gasteiger partial charge in [0.15, 0.2) is 0 Å². The number of pyridine rings is 1. The number of amides is 2. The molecule has 0 unspecified atom stereocenters. The number of carbonyl (C=O) groups is 1. The zero-order chi connectivity index (χ0) is 23.2. The van der Waals surface area contributed by atoms with Crippen LogP contribution < -0.4 is 20.3 Å². The maximum Gasteiger partial charge on any atom is 0.315 e. The van der Waals surface area contributed by atoms with E-state index in [1.54, 1.807) is 0 Å². The van der Waals surface area contributed by atoms with E-state index in [9.17, 15) is 4.79 Å². The number of fused-ring (bicyclic) bond motifs is 1. The van der Waals surface area contributed by atoms with Gasteiger partial charge in [-0.3, -0.25) is 0 Å². The van der Waals surface area contributed by atoms with Crippen molar-refractivity contribution < 1.29 is 9.53 Å². The van der Waals surface area contributed by atoms with Crippen LogP contribution in [0, 0.1) is 0 Å². The third kappa shape index (κ3) is 5.50. The van der Waals surface area contributed by atoms with Gasteiger partial charge in [0.1, 0.15) is 11.6 Å². The van der Waals surface area contributed by atoms with Crippen LogP contribution in [0.4, 0.5) is 10.6 Å². The normalized spacial score (nSPS) is 15.6. The number of urea groups is 1. The van der Waals surface area contributed by atoms with Crippen LogP contribution in [0.25, 0.3) is 0 Å². The van der Waals surface area contributed by atoms with Crippen molar-refractivity contribution in [1.29, 1.82) is 0 Å². The molecule has 0 spiro atoms.